The molecule has 8 unspecified atom stereocenters. The molecule has 2 N–H and O–H groups in total. The molecule has 2 nitrogen and oxygen atoms in total. The third-order valence-electron chi connectivity index (χ3n) is 9.53. The molecule has 0 aromatic heterocycles. The third-order valence-corrected chi connectivity index (χ3v) is 9.53. The second kappa shape index (κ2) is 6.27. The van der Waals surface area contributed by atoms with E-state index in [-0.39, 0.29) is 17.6 Å². The Hall–Kier alpha value is -0.0800. The lowest BCUT2D eigenvalue weighted by Crippen LogP contribution is -2.60. The zero-order valence-corrected chi connectivity index (χ0v) is 16.6. The number of hydrogen-bond donors (Lipinski definition) is 2. The molecule has 140 valence electrons. The maximum atomic E-state index is 10.7. The Morgan fingerprint density at radius 1 is 0.750 bits per heavy atom. The Bertz CT molecular complexity index is 463. The Balaban J connectivity index is 0.000000815. The van der Waals surface area contributed by atoms with Crippen LogP contribution in [0.25, 0.3) is 0 Å². The number of aliphatic hydroxyl groups is 2. The van der Waals surface area contributed by atoms with Crippen molar-refractivity contribution in [2.75, 3.05) is 0 Å². The summed E-state index contributed by atoms with van der Waals surface area (Å²) in [4.78, 5) is 0. The minimum absolute atomic E-state index is 0.0386. The normalized spacial score (nSPS) is 56.4. The summed E-state index contributed by atoms with van der Waals surface area (Å²) in [6.45, 7) is 11.4. The summed E-state index contributed by atoms with van der Waals surface area (Å²) in [5, 5.41) is 20.7. The maximum Gasteiger partial charge on any atom is 0.0599 e. The van der Waals surface area contributed by atoms with E-state index < -0.39 is 0 Å². The zero-order valence-electron chi connectivity index (χ0n) is 16.6. The molecule has 0 aromatic rings. The third kappa shape index (κ3) is 2.28. The smallest absolute Gasteiger partial charge is 0.0599 e. The molecule has 0 radical (unpaired) electrons. The predicted octanol–water partition coefficient (Wildman–Crippen LogP) is 5.17. The minimum atomic E-state index is -0.0961. The Morgan fingerprint density at radius 2 is 1.42 bits per heavy atom. The Morgan fingerprint density at radius 3 is 2.12 bits per heavy atom. The van der Waals surface area contributed by atoms with Crippen LogP contribution in [0, 0.1) is 34.0 Å². The van der Waals surface area contributed by atoms with Gasteiger partial charge in [0.2, 0.25) is 0 Å². The lowest BCUT2D eigenvalue weighted by atomic mass is 9.38. The van der Waals surface area contributed by atoms with Crippen molar-refractivity contribution in [1.82, 2.24) is 0 Å². The van der Waals surface area contributed by atoms with Gasteiger partial charge in [0.25, 0.3) is 0 Å². The van der Waals surface area contributed by atoms with E-state index in [1.54, 1.807) is 0 Å². The van der Waals surface area contributed by atoms with E-state index in [9.17, 15) is 10.2 Å². The van der Waals surface area contributed by atoms with Gasteiger partial charge in [0.15, 0.2) is 0 Å². The van der Waals surface area contributed by atoms with Crippen molar-refractivity contribution in [1.29, 1.82) is 0 Å². The molecule has 4 aliphatic rings. The van der Waals surface area contributed by atoms with Crippen molar-refractivity contribution in [2.24, 2.45) is 34.0 Å². The molecular weight excluding hydrogens is 296 g/mol. The van der Waals surface area contributed by atoms with Crippen LogP contribution in [0.4, 0.5) is 0 Å². The van der Waals surface area contributed by atoms with E-state index in [0.29, 0.717) is 10.8 Å². The van der Waals surface area contributed by atoms with Crippen LogP contribution in [0.2, 0.25) is 0 Å². The van der Waals surface area contributed by atoms with Crippen LogP contribution in [0.15, 0.2) is 0 Å². The van der Waals surface area contributed by atoms with Gasteiger partial charge in [-0.2, -0.15) is 0 Å². The van der Waals surface area contributed by atoms with Gasteiger partial charge in [-0.1, -0.05) is 34.6 Å². The molecule has 8 atom stereocenters. The van der Waals surface area contributed by atoms with Crippen LogP contribution in [0.3, 0.4) is 0 Å². The van der Waals surface area contributed by atoms with Crippen molar-refractivity contribution >= 4 is 0 Å². The lowest BCUT2D eigenvalue weighted by molar-refractivity contribution is -0.192. The molecular formula is C22H40O2. The quantitative estimate of drug-likeness (QED) is 0.641. The highest BCUT2D eigenvalue weighted by Crippen LogP contribution is 2.73. The highest BCUT2D eigenvalue weighted by molar-refractivity contribution is 5.17. The van der Waals surface area contributed by atoms with Crippen LogP contribution >= 0.6 is 0 Å². The number of fused-ring (bicyclic) bond motifs is 5. The summed E-state index contributed by atoms with van der Waals surface area (Å²) in [5.74, 6) is 2.42. The molecule has 0 amide bonds. The van der Waals surface area contributed by atoms with Gasteiger partial charge in [-0.05, 0) is 91.8 Å². The summed E-state index contributed by atoms with van der Waals surface area (Å²) in [6.07, 6.45) is 10.5. The van der Waals surface area contributed by atoms with Crippen LogP contribution < -0.4 is 0 Å². The van der Waals surface area contributed by atoms with Crippen molar-refractivity contribution < 1.29 is 10.2 Å². The van der Waals surface area contributed by atoms with Gasteiger partial charge in [-0.15, -0.1) is 0 Å². The monoisotopic (exact) mass is 336 g/mol. The van der Waals surface area contributed by atoms with Gasteiger partial charge in [0.05, 0.1) is 12.2 Å². The van der Waals surface area contributed by atoms with E-state index in [2.05, 4.69) is 20.8 Å². The largest absolute Gasteiger partial charge is 0.393 e. The topological polar surface area (TPSA) is 40.5 Å². The van der Waals surface area contributed by atoms with Crippen molar-refractivity contribution in [3.05, 3.63) is 0 Å². The average Bonchev–Trinajstić information content (AvgIpc) is 2.82. The van der Waals surface area contributed by atoms with Crippen LogP contribution in [-0.4, -0.2) is 22.4 Å². The van der Waals surface area contributed by atoms with Crippen molar-refractivity contribution in [3.8, 4) is 0 Å². The van der Waals surface area contributed by atoms with Gasteiger partial charge in [0.1, 0.15) is 0 Å². The van der Waals surface area contributed by atoms with Gasteiger partial charge in [0, 0.05) is 0 Å². The Kier molecular flexibility index (Phi) is 4.88. The molecule has 4 aliphatic carbocycles. The molecule has 4 fully saturated rings. The van der Waals surface area contributed by atoms with Crippen molar-refractivity contribution in [3.63, 3.8) is 0 Å². The fourth-order valence-corrected chi connectivity index (χ4v) is 7.72. The fourth-order valence-electron chi connectivity index (χ4n) is 7.72. The molecule has 0 aromatic carbocycles. The predicted molar refractivity (Wildman–Crippen MR) is 99.7 cm³/mol. The van der Waals surface area contributed by atoms with Gasteiger partial charge < -0.3 is 10.2 Å². The first kappa shape index (κ1) is 18.7. The first-order chi connectivity index (χ1) is 11.3. The van der Waals surface area contributed by atoms with E-state index in [4.69, 9.17) is 0 Å². The van der Waals surface area contributed by atoms with Crippen LogP contribution in [-0.2, 0) is 0 Å². The molecule has 24 heavy (non-hydrogen) atoms. The Labute approximate surface area is 149 Å². The molecule has 0 bridgehead atoms. The molecule has 0 aliphatic heterocycles. The maximum absolute atomic E-state index is 10.7. The van der Waals surface area contributed by atoms with Crippen LogP contribution in [0.1, 0.15) is 92.4 Å². The summed E-state index contributed by atoms with van der Waals surface area (Å²) in [7, 11) is 0. The summed E-state index contributed by atoms with van der Waals surface area (Å²) in [5.41, 5.74) is 0.809. The summed E-state index contributed by atoms with van der Waals surface area (Å²) in [6, 6.07) is 0. The second-order valence-electron chi connectivity index (χ2n) is 9.80. The fraction of sp³-hybridized carbons (Fsp3) is 1.00. The molecule has 0 heterocycles. The summed E-state index contributed by atoms with van der Waals surface area (Å²) < 4.78 is 0. The van der Waals surface area contributed by atoms with Gasteiger partial charge in [-0.3, -0.25) is 0 Å². The number of rotatable bonds is 0. The molecule has 4 saturated carbocycles. The van der Waals surface area contributed by atoms with E-state index in [1.165, 1.54) is 38.5 Å². The highest BCUT2D eigenvalue weighted by Gasteiger charge is 2.68. The molecule has 4 rings (SSSR count). The first-order valence-electron chi connectivity index (χ1n) is 10.7. The summed E-state index contributed by atoms with van der Waals surface area (Å²) >= 11 is 0. The van der Waals surface area contributed by atoms with E-state index in [0.717, 1.165) is 37.0 Å². The average molecular weight is 337 g/mol. The van der Waals surface area contributed by atoms with Gasteiger partial charge in [-0.25, -0.2) is 0 Å². The zero-order chi connectivity index (χ0) is 17.8. The minimum Gasteiger partial charge on any atom is -0.393 e. The van der Waals surface area contributed by atoms with E-state index >= 15 is 0 Å². The molecule has 2 heteroatoms. The highest BCUT2D eigenvalue weighted by atomic mass is 16.3. The lowest BCUT2D eigenvalue weighted by Gasteiger charge is -2.66. The first-order valence-corrected chi connectivity index (χ1v) is 10.7. The SMILES string of the molecule is CC.CC12CCC3C4CCC(O)CC4CCC3(C)C1(C)CCC2O. The standard InChI is InChI=1S/C20H34O2.C2H6/c1-18-9-6-13-12-14(21)4-5-15(13)16(18)7-10-19(2)17(22)8-11-20(18,19)3;1-2/h13-17,21-22H,4-12H2,1-3H3;1-2H3. The second-order valence-corrected chi connectivity index (χ2v) is 9.80. The van der Waals surface area contributed by atoms with Crippen LogP contribution in [0.5, 0.6) is 0 Å². The number of aliphatic hydroxyl groups excluding tert-OH is 2. The van der Waals surface area contributed by atoms with E-state index in [1.807, 2.05) is 13.8 Å². The molecule has 0 saturated heterocycles. The molecule has 0 spiro atoms. The number of hydrogen-bond acceptors (Lipinski definition) is 2. The van der Waals surface area contributed by atoms with Gasteiger partial charge >= 0.3 is 0 Å². The van der Waals surface area contributed by atoms with Crippen molar-refractivity contribution in [2.45, 2.75) is 105 Å².